The Balaban J connectivity index is 0.00000264. The van der Waals surface area contributed by atoms with Gasteiger partial charge in [-0.1, -0.05) is 12.1 Å². The molecule has 1 amide bonds. The second-order valence-corrected chi connectivity index (χ2v) is 5.29. The molecule has 1 aliphatic rings. The summed E-state index contributed by atoms with van der Waals surface area (Å²) in [4.78, 5) is 14.1. The standard InChI is InChI=1S/C16H24FN3O2.ClH/c1-2-22-9-7-19-16(21)12-20-8-6-18-11-15(20)13-4-3-5-14(17)10-13;/h3-5,10,15,18H,2,6-9,11-12H2,1H3,(H,19,21);1H. The van der Waals surface area contributed by atoms with E-state index in [-0.39, 0.29) is 30.2 Å². The van der Waals surface area contributed by atoms with Crippen molar-refractivity contribution in [3.8, 4) is 0 Å². The molecule has 130 valence electrons. The Bertz CT molecular complexity index is 490. The third-order valence-electron chi connectivity index (χ3n) is 3.71. The number of carbonyl (C=O) groups excluding carboxylic acids is 1. The molecule has 0 aliphatic carbocycles. The van der Waals surface area contributed by atoms with Crippen molar-refractivity contribution in [2.45, 2.75) is 13.0 Å². The Morgan fingerprint density at radius 2 is 2.35 bits per heavy atom. The molecular weight excluding hydrogens is 321 g/mol. The highest BCUT2D eigenvalue weighted by Gasteiger charge is 2.25. The first-order valence-electron chi connectivity index (χ1n) is 7.75. The molecule has 0 bridgehead atoms. The lowest BCUT2D eigenvalue weighted by molar-refractivity contribution is -0.123. The number of rotatable bonds is 7. The van der Waals surface area contributed by atoms with Gasteiger partial charge in [0.15, 0.2) is 0 Å². The van der Waals surface area contributed by atoms with E-state index in [4.69, 9.17) is 4.74 Å². The molecule has 1 atom stereocenters. The van der Waals surface area contributed by atoms with Crippen LogP contribution in [0.3, 0.4) is 0 Å². The number of hydrogen-bond donors (Lipinski definition) is 2. The Morgan fingerprint density at radius 1 is 1.52 bits per heavy atom. The van der Waals surface area contributed by atoms with Crippen molar-refractivity contribution in [2.75, 3.05) is 45.9 Å². The fourth-order valence-electron chi connectivity index (χ4n) is 2.63. The summed E-state index contributed by atoms with van der Waals surface area (Å²) in [7, 11) is 0. The number of nitrogens with zero attached hydrogens (tertiary/aromatic N) is 1. The van der Waals surface area contributed by atoms with Crippen LogP contribution in [0.15, 0.2) is 24.3 Å². The number of amides is 1. The SMILES string of the molecule is CCOCCNC(=O)CN1CCNCC1c1cccc(F)c1.Cl. The van der Waals surface area contributed by atoms with Gasteiger partial charge in [-0.25, -0.2) is 4.39 Å². The van der Waals surface area contributed by atoms with Gasteiger partial charge >= 0.3 is 0 Å². The molecule has 1 aliphatic heterocycles. The van der Waals surface area contributed by atoms with Crippen molar-refractivity contribution in [1.82, 2.24) is 15.5 Å². The smallest absolute Gasteiger partial charge is 0.234 e. The van der Waals surface area contributed by atoms with Crippen LogP contribution in [0.1, 0.15) is 18.5 Å². The fourth-order valence-corrected chi connectivity index (χ4v) is 2.63. The number of piperazine rings is 1. The van der Waals surface area contributed by atoms with E-state index in [1.54, 1.807) is 6.07 Å². The zero-order chi connectivity index (χ0) is 15.8. The molecule has 0 aromatic heterocycles. The topological polar surface area (TPSA) is 53.6 Å². The average molecular weight is 346 g/mol. The van der Waals surface area contributed by atoms with E-state index < -0.39 is 0 Å². The fraction of sp³-hybridized carbons (Fsp3) is 0.562. The highest BCUT2D eigenvalue weighted by molar-refractivity contribution is 5.85. The van der Waals surface area contributed by atoms with Crippen LogP contribution >= 0.6 is 12.4 Å². The predicted molar refractivity (Wildman–Crippen MR) is 90.3 cm³/mol. The van der Waals surface area contributed by atoms with Crippen molar-refractivity contribution in [1.29, 1.82) is 0 Å². The maximum Gasteiger partial charge on any atom is 0.234 e. The largest absolute Gasteiger partial charge is 0.380 e. The molecule has 1 aromatic carbocycles. The first kappa shape index (κ1) is 19.8. The van der Waals surface area contributed by atoms with E-state index in [0.29, 0.717) is 26.3 Å². The lowest BCUT2D eigenvalue weighted by atomic mass is 10.0. The average Bonchev–Trinajstić information content (AvgIpc) is 2.52. The summed E-state index contributed by atoms with van der Waals surface area (Å²) in [6.45, 7) is 6.24. The first-order chi connectivity index (χ1) is 10.7. The van der Waals surface area contributed by atoms with Gasteiger partial charge in [-0.15, -0.1) is 12.4 Å². The van der Waals surface area contributed by atoms with Crippen LogP contribution in [0, 0.1) is 5.82 Å². The van der Waals surface area contributed by atoms with Crippen LogP contribution < -0.4 is 10.6 Å². The van der Waals surface area contributed by atoms with Crippen LogP contribution in [0.2, 0.25) is 0 Å². The van der Waals surface area contributed by atoms with Crippen molar-refractivity contribution in [3.63, 3.8) is 0 Å². The van der Waals surface area contributed by atoms with Crippen LogP contribution in [-0.4, -0.2) is 56.7 Å². The van der Waals surface area contributed by atoms with Crippen LogP contribution in [0.5, 0.6) is 0 Å². The number of benzene rings is 1. The van der Waals surface area contributed by atoms with Gasteiger partial charge in [0, 0.05) is 38.8 Å². The van der Waals surface area contributed by atoms with Gasteiger partial charge in [0.25, 0.3) is 0 Å². The number of nitrogens with one attached hydrogen (secondary N) is 2. The number of hydrogen-bond acceptors (Lipinski definition) is 4. The number of ether oxygens (including phenoxy) is 1. The van der Waals surface area contributed by atoms with Crippen molar-refractivity contribution in [2.24, 2.45) is 0 Å². The maximum absolute atomic E-state index is 13.4. The Hall–Kier alpha value is -1.21. The molecule has 2 N–H and O–H groups in total. The quantitative estimate of drug-likeness (QED) is 0.732. The third-order valence-corrected chi connectivity index (χ3v) is 3.71. The van der Waals surface area contributed by atoms with E-state index in [0.717, 1.165) is 25.2 Å². The van der Waals surface area contributed by atoms with Gasteiger partial charge in [-0.3, -0.25) is 9.69 Å². The summed E-state index contributed by atoms with van der Waals surface area (Å²) >= 11 is 0. The second-order valence-electron chi connectivity index (χ2n) is 5.29. The molecule has 0 radical (unpaired) electrons. The van der Waals surface area contributed by atoms with E-state index in [1.807, 2.05) is 13.0 Å². The van der Waals surface area contributed by atoms with Crippen LogP contribution in [0.25, 0.3) is 0 Å². The molecule has 1 aromatic rings. The van der Waals surface area contributed by atoms with Crippen molar-refractivity contribution < 1.29 is 13.9 Å². The minimum absolute atomic E-state index is 0. The highest BCUT2D eigenvalue weighted by Crippen LogP contribution is 2.22. The zero-order valence-electron chi connectivity index (χ0n) is 13.4. The molecule has 1 unspecified atom stereocenters. The van der Waals surface area contributed by atoms with Crippen LogP contribution in [0.4, 0.5) is 4.39 Å². The third kappa shape index (κ3) is 6.43. The van der Waals surface area contributed by atoms with Gasteiger partial charge in [0.05, 0.1) is 13.2 Å². The van der Waals surface area contributed by atoms with E-state index in [2.05, 4.69) is 15.5 Å². The summed E-state index contributed by atoms with van der Waals surface area (Å²) in [5.41, 5.74) is 0.898. The summed E-state index contributed by atoms with van der Waals surface area (Å²) in [5.74, 6) is -0.271. The minimum Gasteiger partial charge on any atom is -0.380 e. The van der Waals surface area contributed by atoms with Crippen molar-refractivity contribution in [3.05, 3.63) is 35.6 Å². The van der Waals surface area contributed by atoms with Gasteiger partial charge < -0.3 is 15.4 Å². The summed E-state index contributed by atoms with van der Waals surface area (Å²) in [5, 5.41) is 6.15. The summed E-state index contributed by atoms with van der Waals surface area (Å²) in [6, 6.07) is 6.60. The highest BCUT2D eigenvalue weighted by atomic mass is 35.5. The summed E-state index contributed by atoms with van der Waals surface area (Å²) < 4.78 is 18.6. The van der Waals surface area contributed by atoms with Gasteiger partial charge in [0.2, 0.25) is 5.91 Å². The second kappa shape index (κ2) is 10.5. The van der Waals surface area contributed by atoms with Gasteiger partial charge in [0.1, 0.15) is 5.82 Å². The number of carbonyl (C=O) groups is 1. The Morgan fingerprint density at radius 3 is 3.09 bits per heavy atom. The molecule has 5 nitrogen and oxygen atoms in total. The molecule has 1 heterocycles. The van der Waals surface area contributed by atoms with Crippen molar-refractivity contribution >= 4 is 18.3 Å². The van der Waals surface area contributed by atoms with E-state index in [9.17, 15) is 9.18 Å². The lowest BCUT2D eigenvalue weighted by Gasteiger charge is -2.36. The van der Waals surface area contributed by atoms with Gasteiger partial charge in [-0.2, -0.15) is 0 Å². The monoisotopic (exact) mass is 345 g/mol. The van der Waals surface area contributed by atoms with Gasteiger partial charge in [-0.05, 0) is 24.6 Å². The lowest BCUT2D eigenvalue weighted by Crippen LogP contribution is -2.49. The molecule has 2 rings (SSSR count). The Labute approximate surface area is 143 Å². The first-order valence-corrected chi connectivity index (χ1v) is 7.75. The minimum atomic E-state index is -0.246. The van der Waals surface area contributed by atoms with Crippen LogP contribution in [-0.2, 0) is 9.53 Å². The molecule has 1 fully saturated rings. The Kier molecular flexibility index (Phi) is 9.09. The molecule has 23 heavy (non-hydrogen) atoms. The normalized spacial score (nSPS) is 18.3. The molecular formula is C16H25ClFN3O2. The van der Waals surface area contributed by atoms with E-state index >= 15 is 0 Å². The summed E-state index contributed by atoms with van der Waals surface area (Å²) in [6.07, 6.45) is 0. The zero-order valence-corrected chi connectivity index (χ0v) is 14.2. The molecule has 0 spiro atoms. The molecule has 7 heteroatoms. The molecule has 1 saturated heterocycles. The molecule has 0 saturated carbocycles. The van der Waals surface area contributed by atoms with E-state index in [1.165, 1.54) is 12.1 Å². The predicted octanol–water partition coefficient (Wildman–Crippen LogP) is 1.35. The number of halogens is 2. The maximum atomic E-state index is 13.4.